The van der Waals surface area contributed by atoms with Crippen LogP contribution in [0.4, 0.5) is 4.39 Å². The number of hydrogen-bond acceptors (Lipinski definition) is 1. The van der Waals surface area contributed by atoms with Gasteiger partial charge in [-0.25, -0.2) is 4.39 Å². The normalized spacial score (nSPS) is 25.3. The Balaban J connectivity index is 2.23. The molecule has 1 unspecified atom stereocenters. The molecule has 0 radical (unpaired) electrons. The second-order valence-electron chi connectivity index (χ2n) is 4.39. The highest BCUT2D eigenvalue weighted by molar-refractivity contribution is 5.71. The molecule has 1 aliphatic carbocycles. The number of aliphatic carboxylic acids is 1. The zero-order valence-corrected chi connectivity index (χ0v) is 9.03. The predicted molar refractivity (Wildman–Crippen MR) is 58.7 cm³/mol. The Hall–Kier alpha value is -1.38. The predicted octanol–water partition coefficient (Wildman–Crippen LogP) is 3.18. The monoisotopic (exact) mass is 222 g/mol. The minimum atomic E-state index is -0.728. The van der Waals surface area contributed by atoms with Crippen molar-refractivity contribution in [2.45, 2.75) is 31.6 Å². The Morgan fingerprint density at radius 3 is 2.44 bits per heavy atom. The first kappa shape index (κ1) is 11.1. The molecule has 1 aromatic rings. The summed E-state index contributed by atoms with van der Waals surface area (Å²) >= 11 is 0. The first-order valence-electron chi connectivity index (χ1n) is 5.67. The molecule has 1 aromatic carbocycles. The van der Waals surface area contributed by atoms with E-state index in [1.165, 1.54) is 12.1 Å². The van der Waals surface area contributed by atoms with E-state index in [-0.39, 0.29) is 17.7 Å². The highest BCUT2D eigenvalue weighted by Crippen LogP contribution is 2.37. The van der Waals surface area contributed by atoms with E-state index in [1.807, 2.05) is 0 Å². The lowest BCUT2D eigenvalue weighted by molar-refractivity contribution is -0.143. The quantitative estimate of drug-likeness (QED) is 0.834. The molecule has 0 heterocycles. The van der Waals surface area contributed by atoms with Crippen LogP contribution in [0.2, 0.25) is 0 Å². The first-order chi connectivity index (χ1) is 7.68. The average molecular weight is 222 g/mol. The van der Waals surface area contributed by atoms with Gasteiger partial charge in [0.15, 0.2) is 0 Å². The molecule has 1 saturated carbocycles. The van der Waals surface area contributed by atoms with Crippen molar-refractivity contribution >= 4 is 5.97 Å². The third-order valence-electron chi connectivity index (χ3n) is 3.38. The standard InChI is InChI=1S/C13H15FO2/c14-10-7-5-9(6-8-10)11-3-1-2-4-12(11)13(15)16/h5-8,11-12H,1-4H2,(H,15,16)/t11?,12-/m0/s1. The van der Waals surface area contributed by atoms with Gasteiger partial charge in [-0.15, -0.1) is 0 Å². The Bertz CT molecular complexity index is 372. The summed E-state index contributed by atoms with van der Waals surface area (Å²) in [5.41, 5.74) is 0.952. The summed E-state index contributed by atoms with van der Waals surface area (Å²) in [6, 6.07) is 6.23. The zero-order chi connectivity index (χ0) is 11.5. The number of carboxylic acids is 1. The fourth-order valence-electron chi connectivity index (χ4n) is 2.54. The van der Waals surface area contributed by atoms with Crippen molar-refractivity contribution < 1.29 is 14.3 Å². The van der Waals surface area contributed by atoms with Crippen LogP contribution in [0.1, 0.15) is 37.2 Å². The van der Waals surface area contributed by atoms with Gasteiger partial charge in [-0.05, 0) is 36.5 Å². The van der Waals surface area contributed by atoms with Gasteiger partial charge >= 0.3 is 5.97 Å². The van der Waals surface area contributed by atoms with Crippen molar-refractivity contribution in [1.29, 1.82) is 0 Å². The molecule has 1 fully saturated rings. The minimum Gasteiger partial charge on any atom is -0.481 e. The molecule has 86 valence electrons. The minimum absolute atomic E-state index is 0.0480. The van der Waals surface area contributed by atoms with Gasteiger partial charge in [0.2, 0.25) is 0 Å². The van der Waals surface area contributed by atoms with Crippen LogP contribution in [0.3, 0.4) is 0 Å². The van der Waals surface area contributed by atoms with Crippen molar-refractivity contribution in [2.24, 2.45) is 5.92 Å². The second kappa shape index (κ2) is 4.64. The van der Waals surface area contributed by atoms with E-state index in [4.69, 9.17) is 5.11 Å². The molecule has 1 N–H and O–H groups in total. The van der Waals surface area contributed by atoms with E-state index in [9.17, 15) is 9.18 Å². The SMILES string of the molecule is O=C(O)[C@H]1CCCCC1c1ccc(F)cc1. The van der Waals surface area contributed by atoms with Crippen molar-refractivity contribution in [2.75, 3.05) is 0 Å². The maximum Gasteiger partial charge on any atom is 0.307 e. The topological polar surface area (TPSA) is 37.3 Å². The summed E-state index contributed by atoms with van der Waals surface area (Å²) in [5, 5.41) is 9.15. The molecule has 0 saturated heterocycles. The molecule has 0 bridgehead atoms. The van der Waals surface area contributed by atoms with E-state index >= 15 is 0 Å². The summed E-state index contributed by atoms with van der Waals surface area (Å²) in [5.74, 6) is -1.26. The molecule has 0 aromatic heterocycles. The number of hydrogen-bond donors (Lipinski definition) is 1. The van der Waals surface area contributed by atoms with E-state index in [0.717, 1.165) is 31.2 Å². The zero-order valence-electron chi connectivity index (χ0n) is 9.03. The average Bonchev–Trinajstić information content (AvgIpc) is 2.30. The van der Waals surface area contributed by atoms with E-state index in [2.05, 4.69) is 0 Å². The van der Waals surface area contributed by atoms with Crippen LogP contribution in [-0.4, -0.2) is 11.1 Å². The Morgan fingerprint density at radius 2 is 1.81 bits per heavy atom. The highest BCUT2D eigenvalue weighted by Gasteiger charge is 2.31. The van der Waals surface area contributed by atoms with Crippen LogP contribution < -0.4 is 0 Å². The molecule has 3 heteroatoms. The third-order valence-corrected chi connectivity index (χ3v) is 3.38. The van der Waals surface area contributed by atoms with E-state index in [1.54, 1.807) is 12.1 Å². The number of benzene rings is 1. The largest absolute Gasteiger partial charge is 0.481 e. The number of carboxylic acid groups (broad SMARTS) is 1. The smallest absolute Gasteiger partial charge is 0.307 e. The molecule has 2 atom stereocenters. The summed E-state index contributed by atoms with van der Waals surface area (Å²) < 4.78 is 12.8. The lowest BCUT2D eigenvalue weighted by Crippen LogP contribution is -2.25. The lowest BCUT2D eigenvalue weighted by atomic mass is 9.75. The van der Waals surface area contributed by atoms with Gasteiger partial charge < -0.3 is 5.11 Å². The Labute approximate surface area is 94.1 Å². The van der Waals surface area contributed by atoms with Crippen LogP contribution in [0.25, 0.3) is 0 Å². The Morgan fingerprint density at radius 1 is 1.19 bits per heavy atom. The van der Waals surface area contributed by atoms with Gasteiger partial charge in [0.1, 0.15) is 5.82 Å². The molecule has 2 rings (SSSR count). The van der Waals surface area contributed by atoms with Crippen molar-refractivity contribution in [3.63, 3.8) is 0 Å². The highest BCUT2D eigenvalue weighted by atomic mass is 19.1. The maximum absolute atomic E-state index is 12.8. The van der Waals surface area contributed by atoms with Crippen molar-refractivity contribution in [1.82, 2.24) is 0 Å². The summed E-state index contributed by atoms with van der Waals surface area (Å²) in [7, 11) is 0. The summed E-state index contributed by atoms with van der Waals surface area (Å²) in [6.45, 7) is 0. The third kappa shape index (κ3) is 2.23. The fourth-order valence-corrected chi connectivity index (χ4v) is 2.54. The summed E-state index contributed by atoms with van der Waals surface area (Å²) in [4.78, 5) is 11.1. The van der Waals surface area contributed by atoms with Gasteiger partial charge in [0, 0.05) is 0 Å². The maximum atomic E-state index is 12.8. The molecule has 0 amide bonds. The second-order valence-corrected chi connectivity index (χ2v) is 4.39. The van der Waals surface area contributed by atoms with Gasteiger partial charge in [-0.1, -0.05) is 25.0 Å². The van der Waals surface area contributed by atoms with Crippen LogP contribution in [0.15, 0.2) is 24.3 Å². The number of carbonyl (C=O) groups is 1. The molecule has 1 aliphatic rings. The number of halogens is 1. The fraction of sp³-hybridized carbons (Fsp3) is 0.462. The molecule has 0 aliphatic heterocycles. The van der Waals surface area contributed by atoms with Crippen LogP contribution >= 0.6 is 0 Å². The molecule has 16 heavy (non-hydrogen) atoms. The summed E-state index contributed by atoms with van der Waals surface area (Å²) in [6.07, 6.45) is 3.67. The van der Waals surface area contributed by atoms with E-state index in [0.29, 0.717) is 0 Å². The molecule has 2 nitrogen and oxygen atoms in total. The lowest BCUT2D eigenvalue weighted by Gasteiger charge is -2.28. The van der Waals surface area contributed by atoms with Gasteiger partial charge in [-0.2, -0.15) is 0 Å². The first-order valence-corrected chi connectivity index (χ1v) is 5.67. The van der Waals surface area contributed by atoms with Gasteiger partial charge in [-0.3, -0.25) is 4.79 Å². The van der Waals surface area contributed by atoms with Crippen LogP contribution in [0, 0.1) is 11.7 Å². The van der Waals surface area contributed by atoms with E-state index < -0.39 is 5.97 Å². The van der Waals surface area contributed by atoms with Gasteiger partial charge in [0.25, 0.3) is 0 Å². The molecule has 0 spiro atoms. The van der Waals surface area contributed by atoms with Crippen LogP contribution in [0.5, 0.6) is 0 Å². The molecular weight excluding hydrogens is 207 g/mol. The van der Waals surface area contributed by atoms with Crippen molar-refractivity contribution in [3.05, 3.63) is 35.6 Å². The van der Waals surface area contributed by atoms with Crippen molar-refractivity contribution in [3.8, 4) is 0 Å². The van der Waals surface area contributed by atoms with Gasteiger partial charge in [0.05, 0.1) is 5.92 Å². The molecular formula is C13H15FO2. The van der Waals surface area contributed by atoms with Crippen LogP contribution in [-0.2, 0) is 4.79 Å². The Kier molecular flexibility index (Phi) is 3.22. The number of rotatable bonds is 2.